The zero-order valence-electron chi connectivity index (χ0n) is 17.8. The molecule has 7 nitrogen and oxygen atoms in total. The molecule has 1 aromatic heterocycles. The van der Waals surface area contributed by atoms with E-state index in [0.717, 1.165) is 25.2 Å². The van der Waals surface area contributed by atoms with Gasteiger partial charge in [-0.2, -0.15) is 0 Å². The van der Waals surface area contributed by atoms with Crippen LogP contribution in [0.2, 0.25) is 0 Å². The van der Waals surface area contributed by atoms with Crippen molar-refractivity contribution in [2.45, 2.75) is 25.4 Å². The summed E-state index contributed by atoms with van der Waals surface area (Å²) in [5.74, 6) is 0.607. The van der Waals surface area contributed by atoms with Crippen molar-refractivity contribution in [3.05, 3.63) is 58.3 Å². The molecule has 1 fully saturated rings. The lowest BCUT2D eigenvalue weighted by molar-refractivity contribution is 0.249. The van der Waals surface area contributed by atoms with E-state index in [4.69, 9.17) is 0 Å². The monoisotopic (exact) mass is 577 g/mol. The molecule has 2 aromatic rings. The maximum absolute atomic E-state index is 12.3. The van der Waals surface area contributed by atoms with Crippen molar-refractivity contribution in [3.8, 4) is 0 Å². The van der Waals surface area contributed by atoms with Crippen molar-refractivity contribution >= 4 is 51.3 Å². The minimum Gasteiger partial charge on any atom is -0.355 e. The summed E-state index contributed by atoms with van der Waals surface area (Å²) in [6.07, 6.45) is 2.48. The van der Waals surface area contributed by atoms with Crippen LogP contribution >= 0.6 is 35.3 Å². The van der Waals surface area contributed by atoms with Gasteiger partial charge in [0, 0.05) is 31.6 Å². The molecular weight excluding hydrogens is 545 g/mol. The fraction of sp³-hybridized carbons (Fsp3) is 0.476. The summed E-state index contributed by atoms with van der Waals surface area (Å²) in [6, 6.07) is 14.1. The Morgan fingerprint density at radius 1 is 1.13 bits per heavy atom. The number of halogens is 1. The predicted molar refractivity (Wildman–Crippen MR) is 140 cm³/mol. The van der Waals surface area contributed by atoms with Gasteiger partial charge in [0.2, 0.25) is 10.0 Å². The first-order valence-corrected chi connectivity index (χ1v) is 12.8. The second-order valence-corrected chi connectivity index (χ2v) is 10.2. The third-order valence-electron chi connectivity index (χ3n) is 5.14. The molecule has 31 heavy (non-hydrogen) atoms. The van der Waals surface area contributed by atoms with Gasteiger partial charge in [0.15, 0.2) is 5.96 Å². The van der Waals surface area contributed by atoms with E-state index < -0.39 is 10.0 Å². The maximum Gasteiger partial charge on any atom is 0.213 e. The van der Waals surface area contributed by atoms with Crippen LogP contribution in [0.4, 0.5) is 0 Å². The molecule has 1 aromatic carbocycles. The van der Waals surface area contributed by atoms with Gasteiger partial charge in [0.25, 0.3) is 0 Å². The molecule has 1 unspecified atom stereocenters. The van der Waals surface area contributed by atoms with Crippen LogP contribution in [0.3, 0.4) is 0 Å². The van der Waals surface area contributed by atoms with Gasteiger partial charge >= 0.3 is 0 Å². The second kappa shape index (κ2) is 13.4. The quantitative estimate of drug-likeness (QED) is 0.230. The summed E-state index contributed by atoms with van der Waals surface area (Å²) in [4.78, 5) is 8.09. The van der Waals surface area contributed by atoms with Gasteiger partial charge in [-0.15, -0.1) is 35.3 Å². The number of aliphatic imine (C=N–C) groups is 1. The van der Waals surface area contributed by atoms with Crippen LogP contribution < -0.4 is 15.4 Å². The lowest BCUT2D eigenvalue weighted by Gasteiger charge is -2.27. The molecular formula is C21H32IN5O2S2. The van der Waals surface area contributed by atoms with E-state index in [1.165, 1.54) is 17.7 Å². The number of guanidine groups is 1. The molecule has 1 aliphatic heterocycles. The summed E-state index contributed by atoms with van der Waals surface area (Å²) in [7, 11) is -1.66. The first kappa shape index (κ1) is 26.0. The highest BCUT2D eigenvalue weighted by Gasteiger charge is 2.24. The van der Waals surface area contributed by atoms with Crippen LogP contribution in [0.5, 0.6) is 0 Å². The van der Waals surface area contributed by atoms with E-state index in [-0.39, 0.29) is 36.3 Å². The van der Waals surface area contributed by atoms with Gasteiger partial charge in [-0.05, 0) is 42.9 Å². The molecule has 0 saturated carbocycles. The average molecular weight is 578 g/mol. The molecule has 0 spiro atoms. The maximum atomic E-state index is 12.3. The number of thiophene rings is 1. The second-order valence-electron chi connectivity index (χ2n) is 7.28. The molecule has 1 saturated heterocycles. The Bertz CT molecular complexity index is 886. The van der Waals surface area contributed by atoms with Crippen LogP contribution in [0.15, 0.2) is 52.8 Å². The molecule has 1 aliphatic rings. The molecule has 0 amide bonds. The van der Waals surface area contributed by atoms with Gasteiger partial charge < -0.3 is 10.6 Å². The van der Waals surface area contributed by atoms with Gasteiger partial charge in [-0.3, -0.25) is 9.89 Å². The highest BCUT2D eigenvalue weighted by atomic mass is 127. The topological polar surface area (TPSA) is 85.8 Å². The molecule has 2 heterocycles. The average Bonchev–Trinajstić information content (AvgIpc) is 3.47. The summed E-state index contributed by atoms with van der Waals surface area (Å²) in [5, 5.41) is 8.60. The largest absolute Gasteiger partial charge is 0.355 e. The number of benzene rings is 1. The predicted octanol–water partition coefficient (Wildman–Crippen LogP) is 2.79. The molecule has 172 valence electrons. The Kier molecular flexibility index (Phi) is 11.2. The molecule has 1 atom stereocenters. The third kappa shape index (κ3) is 8.68. The zero-order valence-corrected chi connectivity index (χ0v) is 21.8. The minimum atomic E-state index is -3.37. The minimum absolute atomic E-state index is 0. The van der Waals surface area contributed by atoms with E-state index >= 15 is 0 Å². The summed E-state index contributed by atoms with van der Waals surface area (Å²) in [6.45, 7) is 3.55. The fourth-order valence-electron chi connectivity index (χ4n) is 3.52. The van der Waals surface area contributed by atoms with E-state index in [1.54, 1.807) is 18.4 Å². The smallest absolute Gasteiger partial charge is 0.213 e. The summed E-state index contributed by atoms with van der Waals surface area (Å²) in [5.41, 5.74) is 0.938. The van der Waals surface area contributed by atoms with Crippen LogP contribution in [0.1, 0.15) is 29.3 Å². The Balaban J connectivity index is 0.00000341. The summed E-state index contributed by atoms with van der Waals surface area (Å²) < 4.78 is 27.1. The number of likely N-dealkylation sites (tertiary alicyclic amines) is 1. The number of nitrogens with one attached hydrogen (secondary N) is 3. The van der Waals surface area contributed by atoms with E-state index in [9.17, 15) is 8.42 Å². The normalized spacial score (nSPS) is 16.0. The molecule has 3 rings (SSSR count). The van der Waals surface area contributed by atoms with Crippen LogP contribution in [-0.2, 0) is 16.6 Å². The first-order valence-electron chi connectivity index (χ1n) is 10.3. The van der Waals surface area contributed by atoms with E-state index in [2.05, 4.69) is 42.8 Å². The van der Waals surface area contributed by atoms with Gasteiger partial charge in [0.1, 0.15) is 0 Å². The van der Waals surface area contributed by atoms with E-state index in [1.807, 2.05) is 30.3 Å². The van der Waals surface area contributed by atoms with Crippen molar-refractivity contribution < 1.29 is 8.42 Å². The SMILES string of the molecule is CN=C(NCCS(=O)(=O)NCc1ccccc1)NCC(c1cccs1)N1CCCC1.I. The number of rotatable bonds is 10. The van der Waals surface area contributed by atoms with Crippen LogP contribution in [0.25, 0.3) is 0 Å². The molecule has 3 N–H and O–H groups in total. The lowest BCUT2D eigenvalue weighted by Crippen LogP contribution is -2.44. The van der Waals surface area contributed by atoms with E-state index in [0.29, 0.717) is 18.5 Å². The van der Waals surface area contributed by atoms with Crippen molar-refractivity contribution in [1.82, 2.24) is 20.3 Å². The summed E-state index contributed by atoms with van der Waals surface area (Å²) >= 11 is 1.77. The standard InChI is InChI=1S/C21H31N5O2S2.HI/c1-22-21(23-11-15-30(27,28)25-16-18-8-3-2-4-9-18)24-17-19(20-10-7-14-29-20)26-12-5-6-13-26;/h2-4,7-10,14,19,25H,5-6,11-13,15-17H2,1H3,(H2,22,23,24);1H. The lowest BCUT2D eigenvalue weighted by atomic mass is 10.2. The van der Waals surface area contributed by atoms with Crippen molar-refractivity contribution in [2.75, 3.05) is 39.0 Å². The highest BCUT2D eigenvalue weighted by Crippen LogP contribution is 2.27. The van der Waals surface area contributed by atoms with Crippen molar-refractivity contribution in [2.24, 2.45) is 4.99 Å². The fourth-order valence-corrected chi connectivity index (χ4v) is 5.29. The van der Waals surface area contributed by atoms with Gasteiger partial charge in [0.05, 0.1) is 11.8 Å². The molecule has 0 radical (unpaired) electrons. The molecule has 0 aliphatic carbocycles. The first-order chi connectivity index (χ1) is 14.6. The van der Waals surface area contributed by atoms with Gasteiger partial charge in [-0.1, -0.05) is 36.4 Å². The zero-order chi connectivity index (χ0) is 21.2. The Labute approximate surface area is 206 Å². The number of nitrogens with zero attached hydrogens (tertiary/aromatic N) is 2. The Hall–Kier alpha value is -1.21. The van der Waals surface area contributed by atoms with Crippen LogP contribution in [0, 0.1) is 0 Å². The van der Waals surface area contributed by atoms with Crippen molar-refractivity contribution in [3.63, 3.8) is 0 Å². The number of hydrogen-bond acceptors (Lipinski definition) is 5. The number of hydrogen-bond donors (Lipinski definition) is 3. The number of sulfonamides is 1. The van der Waals surface area contributed by atoms with Crippen molar-refractivity contribution in [1.29, 1.82) is 0 Å². The molecule has 0 bridgehead atoms. The molecule has 10 heteroatoms. The van der Waals surface area contributed by atoms with Crippen LogP contribution in [-0.4, -0.2) is 58.3 Å². The highest BCUT2D eigenvalue weighted by molar-refractivity contribution is 14.0. The Morgan fingerprint density at radius 3 is 2.52 bits per heavy atom. The van der Waals surface area contributed by atoms with Gasteiger partial charge in [-0.25, -0.2) is 13.1 Å². The Morgan fingerprint density at radius 2 is 1.87 bits per heavy atom. The third-order valence-corrected chi connectivity index (χ3v) is 7.44.